The summed E-state index contributed by atoms with van der Waals surface area (Å²) in [5, 5.41) is 6.28. The average Bonchev–Trinajstić information content (AvgIpc) is 2.66. The summed E-state index contributed by atoms with van der Waals surface area (Å²) in [6.45, 7) is 4.35. The summed E-state index contributed by atoms with van der Waals surface area (Å²) in [4.78, 5) is 35.7. The van der Waals surface area contributed by atoms with E-state index in [-0.39, 0.29) is 11.5 Å². The number of rotatable bonds is 5. The molecule has 1 heterocycles. The van der Waals surface area contributed by atoms with E-state index >= 15 is 0 Å². The molecule has 0 aromatic heterocycles. The number of cyclic esters (lactones) is 2. The van der Waals surface area contributed by atoms with Crippen molar-refractivity contribution >= 4 is 53.0 Å². The van der Waals surface area contributed by atoms with Crippen LogP contribution in [0.15, 0.2) is 54.2 Å². The molecule has 0 saturated carbocycles. The maximum atomic E-state index is 12.2. The second-order valence-electron chi connectivity index (χ2n) is 7.25. The lowest BCUT2D eigenvalue weighted by molar-refractivity contribution is -0.222. The minimum absolute atomic E-state index is 0.226. The molecule has 0 aliphatic carbocycles. The Morgan fingerprint density at radius 3 is 2.26 bits per heavy atom. The largest absolute Gasteiger partial charge is 0.419 e. The van der Waals surface area contributed by atoms with Crippen LogP contribution in [0.1, 0.15) is 31.9 Å². The number of amides is 1. The molecule has 8 heteroatoms. The van der Waals surface area contributed by atoms with E-state index in [1.165, 1.54) is 27.0 Å². The second-order valence-corrected chi connectivity index (χ2v) is 7.69. The van der Waals surface area contributed by atoms with Crippen LogP contribution < -0.4 is 10.6 Å². The maximum Gasteiger partial charge on any atom is 0.350 e. The SMILES string of the molecule is CC(=O)Nc1ccc(C=Cc2ccc(Cl)cc2)c(NC=C2C(=O)OC(C)(C)OC2=O)c1. The van der Waals surface area contributed by atoms with Crippen LogP contribution in [0.2, 0.25) is 5.02 Å². The first kappa shape index (κ1) is 22.1. The van der Waals surface area contributed by atoms with Crippen LogP contribution in [0.4, 0.5) is 11.4 Å². The van der Waals surface area contributed by atoms with Crippen molar-refractivity contribution in [1.82, 2.24) is 0 Å². The van der Waals surface area contributed by atoms with Crippen molar-refractivity contribution in [2.45, 2.75) is 26.6 Å². The van der Waals surface area contributed by atoms with Crippen LogP contribution in [0.25, 0.3) is 12.2 Å². The molecule has 1 aliphatic rings. The van der Waals surface area contributed by atoms with Gasteiger partial charge in [0.2, 0.25) is 5.91 Å². The van der Waals surface area contributed by atoms with E-state index in [4.69, 9.17) is 21.1 Å². The number of nitrogens with one attached hydrogen (secondary N) is 2. The fourth-order valence-electron chi connectivity index (χ4n) is 2.80. The predicted molar refractivity (Wildman–Crippen MR) is 119 cm³/mol. The van der Waals surface area contributed by atoms with Gasteiger partial charge in [-0.1, -0.05) is 42.0 Å². The molecule has 7 nitrogen and oxygen atoms in total. The van der Waals surface area contributed by atoms with Gasteiger partial charge < -0.3 is 20.1 Å². The number of carbonyl (C=O) groups excluding carboxylic acids is 3. The molecule has 31 heavy (non-hydrogen) atoms. The molecule has 0 spiro atoms. The Balaban J connectivity index is 1.90. The van der Waals surface area contributed by atoms with Crippen molar-refractivity contribution in [2.24, 2.45) is 0 Å². The molecule has 2 N–H and O–H groups in total. The standard InChI is InChI=1S/C23H21ClN2O5/c1-14(27)26-18-11-8-16(7-4-15-5-9-17(24)10-6-15)20(12-18)25-13-19-21(28)30-23(2,3)31-22(19)29/h4-13,25H,1-3H3,(H,26,27). The number of hydrogen-bond donors (Lipinski definition) is 2. The van der Waals surface area contributed by atoms with Gasteiger partial charge in [-0.05, 0) is 35.4 Å². The number of esters is 2. The summed E-state index contributed by atoms with van der Waals surface area (Å²) in [5.41, 5.74) is 2.51. The molecule has 1 amide bonds. The molecule has 1 saturated heterocycles. The zero-order valence-electron chi connectivity index (χ0n) is 17.2. The minimum atomic E-state index is -1.32. The van der Waals surface area contributed by atoms with E-state index in [2.05, 4.69) is 10.6 Å². The van der Waals surface area contributed by atoms with E-state index < -0.39 is 17.7 Å². The third kappa shape index (κ3) is 5.96. The smallest absolute Gasteiger partial charge is 0.350 e. The van der Waals surface area contributed by atoms with Gasteiger partial charge in [-0.3, -0.25) is 4.79 Å². The summed E-state index contributed by atoms with van der Waals surface area (Å²) in [5.74, 6) is -3.12. The number of halogens is 1. The fourth-order valence-corrected chi connectivity index (χ4v) is 2.92. The first-order valence-electron chi connectivity index (χ1n) is 9.42. The zero-order valence-corrected chi connectivity index (χ0v) is 17.9. The number of ether oxygens (including phenoxy) is 2. The zero-order chi connectivity index (χ0) is 22.6. The normalized spacial score (nSPS) is 15.3. The Bertz CT molecular complexity index is 1070. The molecule has 0 atom stereocenters. The molecule has 0 bridgehead atoms. The summed E-state index contributed by atoms with van der Waals surface area (Å²) >= 11 is 5.92. The lowest BCUT2D eigenvalue weighted by atomic mass is 10.1. The third-order valence-corrected chi connectivity index (χ3v) is 4.44. The monoisotopic (exact) mass is 440 g/mol. The molecule has 1 fully saturated rings. The highest BCUT2D eigenvalue weighted by molar-refractivity contribution is 6.30. The van der Waals surface area contributed by atoms with Gasteiger partial charge in [0.1, 0.15) is 0 Å². The van der Waals surface area contributed by atoms with Gasteiger partial charge in [-0.15, -0.1) is 0 Å². The van der Waals surface area contributed by atoms with Crippen molar-refractivity contribution in [2.75, 3.05) is 10.6 Å². The van der Waals surface area contributed by atoms with E-state index in [1.54, 1.807) is 30.3 Å². The Labute approximate surface area is 184 Å². The van der Waals surface area contributed by atoms with Crippen LogP contribution in [0, 0.1) is 0 Å². The number of hydrogen-bond acceptors (Lipinski definition) is 6. The van der Waals surface area contributed by atoms with Crippen LogP contribution in [0.3, 0.4) is 0 Å². The van der Waals surface area contributed by atoms with Crippen LogP contribution >= 0.6 is 11.6 Å². The Kier molecular flexibility index (Phi) is 6.46. The molecule has 2 aromatic carbocycles. The van der Waals surface area contributed by atoms with E-state index in [0.29, 0.717) is 16.4 Å². The molecule has 3 rings (SSSR count). The Hall–Kier alpha value is -3.58. The van der Waals surface area contributed by atoms with E-state index in [0.717, 1.165) is 11.1 Å². The summed E-state index contributed by atoms with van der Waals surface area (Å²) in [6.07, 6.45) is 4.96. The van der Waals surface area contributed by atoms with Gasteiger partial charge in [0.25, 0.3) is 5.79 Å². The van der Waals surface area contributed by atoms with Crippen molar-refractivity contribution in [3.63, 3.8) is 0 Å². The highest BCUT2D eigenvalue weighted by Crippen LogP contribution is 2.26. The van der Waals surface area contributed by atoms with Gasteiger partial charge in [0.15, 0.2) is 5.57 Å². The van der Waals surface area contributed by atoms with Crippen LogP contribution in [-0.4, -0.2) is 23.6 Å². The van der Waals surface area contributed by atoms with E-state index in [1.807, 2.05) is 24.3 Å². The summed E-state index contributed by atoms with van der Waals surface area (Å²) in [6, 6.07) is 12.5. The van der Waals surface area contributed by atoms with Crippen molar-refractivity contribution in [3.8, 4) is 0 Å². The molecule has 1 aliphatic heterocycles. The quantitative estimate of drug-likeness (QED) is 0.305. The molecule has 160 valence electrons. The first-order chi connectivity index (χ1) is 14.6. The number of anilines is 2. The van der Waals surface area contributed by atoms with Crippen molar-refractivity contribution in [1.29, 1.82) is 0 Å². The molecule has 0 radical (unpaired) electrons. The second kappa shape index (κ2) is 9.06. The molecule has 0 unspecified atom stereocenters. The minimum Gasteiger partial charge on any atom is -0.419 e. The number of benzene rings is 2. The fraction of sp³-hybridized carbons (Fsp3) is 0.174. The van der Waals surface area contributed by atoms with Gasteiger partial charge in [-0.25, -0.2) is 9.59 Å². The molecular weight excluding hydrogens is 420 g/mol. The van der Waals surface area contributed by atoms with Crippen molar-refractivity contribution in [3.05, 3.63) is 70.4 Å². The van der Waals surface area contributed by atoms with Crippen LogP contribution in [0.5, 0.6) is 0 Å². The maximum absolute atomic E-state index is 12.2. The average molecular weight is 441 g/mol. The van der Waals surface area contributed by atoms with Gasteiger partial charge in [0, 0.05) is 43.4 Å². The lowest BCUT2D eigenvalue weighted by Gasteiger charge is -2.29. The van der Waals surface area contributed by atoms with Gasteiger partial charge in [0.05, 0.1) is 0 Å². The summed E-state index contributed by atoms with van der Waals surface area (Å²) in [7, 11) is 0. The topological polar surface area (TPSA) is 93.7 Å². The molecular formula is C23H21ClN2O5. The summed E-state index contributed by atoms with van der Waals surface area (Å²) < 4.78 is 10.2. The highest BCUT2D eigenvalue weighted by Gasteiger charge is 2.38. The highest BCUT2D eigenvalue weighted by atomic mass is 35.5. The number of carbonyl (C=O) groups is 3. The molecule has 2 aromatic rings. The van der Waals surface area contributed by atoms with Gasteiger partial charge in [-0.2, -0.15) is 0 Å². The Morgan fingerprint density at radius 1 is 1.00 bits per heavy atom. The third-order valence-electron chi connectivity index (χ3n) is 4.19. The van der Waals surface area contributed by atoms with Crippen molar-refractivity contribution < 1.29 is 23.9 Å². The van der Waals surface area contributed by atoms with Crippen LogP contribution in [-0.2, 0) is 23.9 Å². The van der Waals surface area contributed by atoms with Gasteiger partial charge >= 0.3 is 11.9 Å². The lowest BCUT2D eigenvalue weighted by Crippen LogP contribution is -2.42. The Morgan fingerprint density at radius 2 is 1.65 bits per heavy atom. The van der Waals surface area contributed by atoms with E-state index in [9.17, 15) is 14.4 Å². The predicted octanol–water partition coefficient (Wildman–Crippen LogP) is 4.60. The first-order valence-corrected chi connectivity index (χ1v) is 9.79.